The average Bonchev–Trinajstić information content (AvgIpc) is 2.69. The van der Waals surface area contributed by atoms with Crippen molar-refractivity contribution in [2.75, 3.05) is 7.05 Å². The van der Waals surface area contributed by atoms with E-state index in [2.05, 4.69) is 4.98 Å². The monoisotopic (exact) mass is 381 g/mol. The zero-order valence-electron chi connectivity index (χ0n) is 16.4. The number of hydrogen-bond acceptors (Lipinski definition) is 3. The number of aryl methyl sites for hydroxylation is 2. The van der Waals surface area contributed by atoms with Gasteiger partial charge in [-0.1, -0.05) is 24.3 Å². The number of fused-ring (bicyclic) bond motifs is 1. The van der Waals surface area contributed by atoms with Gasteiger partial charge < -0.3 is 4.90 Å². The van der Waals surface area contributed by atoms with Crippen molar-refractivity contribution in [1.29, 1.82) is 0 Å². The van der Waals surface area contributed by atoms with Gasteiger partial charge in [-0.3, -0.25) is 14.2 Å². The van der Waals surface area contributed by atoms with E-state index in [1.807, 2.05) is 26.0 Å². The first-order valence-corrected chi connectivity index (χ1v) is 9.34. The van der Waals surface area contributed by atoms with Crippen LogP contribution in [-0.4, -0.2) is 27.4 Å². The summed E-state index contributed by atoms with van der Waals surface area (Å²) in [4.78, 5) is 31.2. The van der Waals surface area contributed by atoms with Gasteiger partial charge in [-0.25, -0.2) is 9.37 Å². The van der Waals surface area contributed by atoms with Crippen LogP contribution in [0.4, 0.5) is 4.39 Å². The zero-order valence-corrected chi connectivity index (χ0v) is 16.4. The number of carbonyl (C=O) groups excluding carboxylic acids is 1. The molecular formula is C22H24FN3O2. The number of benzene rings is 2. The molecule has 0 bridgehead atoms. The molecule has 28 heavy (non-hydrogen) atoms. The SMILES string of the molecule is Cc1cccc2c(=O)n(CCCC(=O)N(C)C(C)c3ccc(F)cc3)cnc12. The fraction of sp³-hybridized carbons (Fsp3) is 0.318. The summed E-state index contributed by atoms with van der Waals surface area (Å²) in [5.74, 6) is -0.316. The van der Waals surface area contributed by atoms with Crippen LogP contribution in [0.1, 0.15) is 36.9 Å². The Kier molecular flexibility index (Phi) is 5.87. The number of hydrogen-bond donors (Lipinski definition) is 0. The molecule has 6 heteroatoms. The highest BCUT2D eigenvalue weighted by Crippen LogP contribution is 2.20. The highest BCUT2D eigenvalue weighted by molar-refractivity contribution is 5.80. The van der Waals surface area contributed by atoms with Crippen molar-refractivity contribution < 1.29 is 9.18 Å². The third kappa shape index (κ3) is 4.11. The summed E-state index contributed by atoms with van der Waals surface area (Å²) in [7, 11) is 1.74. The third-order valence-electron chi connectivity index (χ3n) is 5.17. The number of aromatic nitrogens is 2. The van der Waals surface area contributed by atoms with Gasteiger partial charge in [0.05, 0.1) is 23.3 Å². The van der Waals surface area contributed by atoms with Gasteiger partial charge in [0.15, 0.2) is 0 Å². The molecular weight excluding hydrogens is 357 g/mol. The van der Waals surface area contributed by atoms with Gasteiger partial charge in [-0.2, -0.15) is 0 Å². The maximum Gasteiger partial charge on any atom is 0.261 e. The van der Waals surface area contributed by atoms with Gasteiger partial charge in [0.1, 0.15) is 5.82 Å². The summed E-state index contributed by atoms with van der Waals surface area (Å²) in [6.45, 7) is 4.27. The Morgan fingerprint density at radius 1 is 1.21 bits per heavy atom. The summed E-state index contributed by atoms with van der Waals surface area (Å²) in [6, 6.07) is 11.6. The highest BCUT2D eigenvalue weighted by atomic mass is 19.1. The Balaban J connectivity index is 1.62. The van der Waals surface area contributed by atoms with Gasteiger partial charge in [-0.05, 0) is 49.6 Å². The first kappa shape index (κ1) is 19.7. The molecule has 1 atom stereocenters. The Morgan fingerprint density at radius 3 is 2.64 bits per heavy atom. The van der Waals surface area contributed by atoms with E-state index >= 15 is 0 Å². The molecule has 0 aliphatic rings. The molecule has 1 heterocycles. The largest absolute Gasteiger partial charge is 0.339 e. The lowest BCUT2D eigenvalue weighted by Gasteiger charge is -2.25. The first-order chi connectivity index (χ1) is 13.4. The Bertz CT molecular complexity index is 1040. The normalized spacial score (nSPS) is 12.1. The number of rotatable bonds is 6. The van der Waals surface area contributed by atoms with E-state index < -0.39 is 0 Å². The molecule has 0 aliphatic heterocycles. The molecule has 5 nitrogen and oxygen atoms in total. The standard InChI is InChI=1S/C22H24FN3O2/c1-15-6-4-7-19-21(15)24-14-26(22(19)28)13-5-8-20(27)25(3)16(2)17-9-11-18(23)12-10-17/h4,6-7,9-12,14,16H,5,8,13H2,1-3H3. The molecule has 0 aliphatic carbocycles. The highest BCUT2D eigenvalue weighted by Gasteiger charge is 2.17. The van der Waals surface area contributed by atoms with Crippen LogP contribution in [0, 0.1) is 12.7 Å². The number of para-hydroxylation sites is 1. The van der Waals surface area contributed by atoms with Crippen molar-refractivity contribution in [2.45, 2.75) is 39.3 Å². The minimum absolute atomic E-state index is 0.0190. The first-order valence-electron chi connectivity index (χ1n) is 9.34. The number of halogens is 1. The summed E-state index contributed by atoms with van der Waals surface area (Å²) in [5.41, 5.74) is 2.47. The Hall–Kier alpha value is -3.02. The van der Waals surface area contributed by atoms with E-state index in [4.69, 9.17) is 0 Å². The van der Waals surface area contributed by atoms with Crippen LogP contribution in [-0.2, 0) is 11.3 Å². The fourth-order valence-corrected chi connectivity index (χ4v) is 3.25. The molecule has 0 saturated heterocycles. The molecule has 1 aromatic heterocycles. The molecule has 0 saturated carbocycles. The van der Waals surface area contributed by atoms with Crippen molar-refractivity contribution in [3.05, 3.63) is 76.1 Å². The predicted octanol–water partition coefficient (Wildman–Crippen LogP) is 3.84. The van der Waals surface area contributed by atoms with E-state index in [1.54, 1.807) is 41.0 Å². The van der Waals surface area contributed by atoms with E-state index in [1.165, 1.54) is 12.1 Å². The minimum Gasteiger partial charge on any atom is -0.339 e. The lowest BCUT2D eigenvalue weighted by Crippen LogP contribution is -2.30. The molecule has 0 N–H and O–H groups in total. The average molecular weight is 381 g/mol. The second-order valence-corrected chi connectivity index (χ2v) is 7.05. The Labute approximate surface area is 163 Å². The quantitative estimate of drug-likeness (QED) is 0.652. The van der Waals surface area contributed by atoms with Crippen molar-refractivity contribution in [1.82, 2.24) is 14.5 Å². The van der Waals surface area contributed by atoms with Crippen molar-refractivity contribution in [3.63, 3.8) is 0 Å². The maximum absolute atomic E-state index is 13.1. The van der Waals surface area contributed by atoms with E-state index in [9.17, 15) is 14.0 Å². The second-order valence-electron chi connectivity index (χ2n) is 7.05. The lowest BCUT2D eigenvalue weighted by atomic mass is 10.1. The summed E-state index contributed by atoms with van der Waals surface area (Å²) in [6.07, 6.45) is 2.41. The maximum atomic E-state index is 13.1. The molecule has 2 aromatic carbocycles. The van der Waals surface area contributed by atoms with Crippen LogP contribution in [0.3, 0.4) is 0 Å². The van der Waals surface area contributed by atoms with E-state index in [0.717, 1.165) is 11.1 Å². The zero-order chi connectivity index (χ0) is 20.3. The van der Waals surface area contributed by atoms with E-state index in [0.29, 0.717) is 30.3 Å². The summed E-state index contributed by atoms with van der Waals surface area (Å²) < 4.78 is 14.6. The fourth-order valence-electron chi connectivity index (χ4n) is 3.25. The Morgan fingerprint density at radius 2 is 1.93 bits per heavy atom. The van der Waals surface area contributed by atoms with Crippen molar-refractivity contribution >= 4 is 16.8 Å². The lowest BCUT2D eigenvalue weighted by molar-refractivity contribution is -0.131. The van der Waals surface area contributed by atoms with Crippen molar-refractivity contribution in [2.24, 2.45) is 0 Å². The van der Waals surface area contributed by atoms with Gasteiger partial charge in [-0.15, -0.1) is 0 Å². The van der Waals surface area contributed by atoms with Crippen molar-refractivity contribution in [3.8, 4) is 0 Å². The third-order valence-corrected chi connectivity index (χ3v) is 5.17. The molecule has 0 fully saturated rings. The topological polar surface area (TPSA) is 55.2 Å². The van der Waals surface area contributed by atoms with Crippen LogP contribution in [0.25, 0.3) is 10.9 Å². The van der Waals surface area contributed by atoms with Crippen LogP contribution in [0.15, 0.2) is 53.6 Å². The van der Waals surface area contributed by atoms with Gasteiger partial charge in [0, 0.05) is 20.0 Å². The molecule has 146 valence electrons. The van der Waals surface area contributed by atoms with Crippen LogP contribution in [0.2, 0.25) is 0 Å². The van der Waals surface area contributed by atoms with Crippen LogP contribution >= 0.6 is 0 Å². The van der Waals surface area contributed by atoms with Gasteiger partial charge in [0.2, 0.25) is 5.91 Å². The van der Waals surface area contributed by atoms with E-state index in [-0.39, 0.29) is 23.3 Å². The second kappa shape index (κ2) is 8.33. The molecule has 3 aromatic rings. The number of amides is 1. The number of nitrogens with zero attached hydrogens (tertiary/aromatic N) is 3. The predicted molar refractivity (Wildman–Crippen MR) is 108 cm³/mol. The minimum atomic E-state index is -0.297. The summed E-state index contributed by atoms with van der Waals surface area (Å²) in [5, 5.41) is 0.593. The molecule has 0 radical (unpaired) electrons. The molecule has 3 rings (SSSR count). The smallest absolute Gasteiger partial charge is 0.261 e. The number of carbonyl (C=O) groups is 1. The van der Waals surface area contributed by atoms with Gasteiger partial charge in [0.25, 0.3) is 5.56 Å². The van der Waals surface area contributed by atoms with Crippen LogP contribution < -0.4 is 5.56 Å². The van der Waals surface area contributed by atoms with Gasteiger partial charge >= 0.3 is 0 Å². The van der Waals surface area contributed by atoms with Crippen LogP contribution in [0.5, 0.6) is 0 Å². The molecule has 1 unspecified atom stereocenters. The summed E-state index contributed by atoms with van der Waals surface area (Å²) >= 11 is 0. The molecule has 0 spiro atoms. The molecule has 1 amide bonds.